The Hall–Kier alpha value is -1.99. The van der Waals surface area contributed by atoms with Crippen LogP contribution in [0.5, 0.6) is 0 Å². The van der Waals surface area contributed by atoms with Crippen LogP contribution in [0.4, 0.5) is 5.69 Å². The van der Waals surface area contributed by atoms with Crippen LogP contribution in [-0.2, 0) is 13.1 Å². The molecule has 19 heavy (non-hydrogen) atoms. The minimum Gasteiger partial charge on any atom is -0.338 e. The standard InChI is InChI=1S/C11H11ClN4O3/c1-7-14-11(19-15-7)6-13-5-8-2-3-9(12)4-10(8)16(17)18/h2-4,13H,5-6H2,1H3. The van der Waals surface area contributed by atoms with E-state index in [-0.39, 0.29) is 5.69 Å². The number of nitro benzene ring substituents is 1. The molecule has 0 unspecified atom stereocenters. The van der Waals surface area contributed by atoms with Crippen LogP contribution in [0.2, 0.25) is 5.02 Å². The summed E-state index contributed by atoms with van der Waals surface area (Å²) in [6.45, 7) is 2.38. The van der Waals surface area contributed by atoms with Crippen molar-refractivity contribution in [2.24, 2.45) is 0 Å². The first kappa shape index (κ1) is 13.4. The van der Waals surface area contributed by atoms with Gasteiger partial charge in [0.15, 0.2) is 5.82 Å². The predicted molar refractivity (Wildman–Crippen MR) is 67.7 cm³/mol. The normalized spacial score (nSPS) is 10.6. The van der Waals surface area contributed by atoms with Gasteiger partial charge in [0, 0.05) is 23.2 Å². The summed E-state index contributed by atoms with van der Waals surface area (Å²) in [5.74, 6) is 0.989. The zero-order valence-corrected chi connectivity index (χ0v) is 10.8. The van der Waals surface area contributed by atoms with Gasteiger partial charge in [0.25, 0.3) is 5.69 Å². The second kappa shape index (κ2) is 5.77. The minimum atomic E-state index is -0.459. The molecule has 0 spiro atoms. The topological polar surface area (TPSA) is 94.1 Å². The molecule has 0 atom stereocenters. The van der Waals surface area contributed by atoms with Gasteiger partial charge in [0.2, 0.25) is 5.89 Å². The van der Waals surface area contributed by atoms with Gasteiger partial charge in [-0.2, -0.15) is 4.98 Å². The van der Waals surface area contributed by atoms with Crippen molar-refractivity contribution < 1.29 is 9.45 Å². The molecule has 7 nitrogen and oxygen atoms in total. The molecule has 0 saturated heterocycles. The van der Waals surface area contributed by atoms with E-state index in [1.807, 2.05) is 0 Å². The van der Waals surface area contributed by atoms with Crippen LogP contribution in [-0.4, -0.2) is 15.1 Å². The maximum atomic E-state index is 10.9. The number of nitro groups is 1. The Morgan fingerprint density at radius 3 is 2.89 bits per heavy atom. The van der Waals surface area contributed by atoms with E-state index in [2.05, 4.69) is 15.5 Å². The molecule has 8 heteroatoms. The lowest BCUT2D eigenvalue weighted by atomic mass is 10.2. The molecule has 1 N–H and O–H groups in total. The summed E-state index contributed by atoms with van der Waals surface area (Å²) in [5.41, 5.74) is 0.535. The fourth-order valence-corrected chi connectivity index (χ4v) is 1.74. The Morgan fingerprint density at radius 2 is 2.26 bits per heavy atom. The van der Waals surface area contributed by atoms with Crippen LogP contribution in [0.1, 0.15) is 17.3 Å². The van der Waals surface area contributed by atoms with Crippen molar-refractivity contribution in [3.63, 3.8) is 0 Å². The predicted octanol–water partition coefficient (Wildman–Crippen LogP) is 2.23. The van der Waals surface area contributed by atoms with E-state index in [4.69, 9.17) is 16.1 Å². The molecule has 0 aliphatic carbocycles. The summed E-state index contributed by atoms with van der Waals surface area (Å²) >= 11 is 5.74. The number of aromatic nitrogens is 2. The first-order valence-electron chi connectivity index (χ1n) is 5.49. The monoisotopic (exact) mass is 282 g/mol. The van der Waals surface area contributed by atoms with Crippen LogP contribution in [0, 0.1) is 17.0 Å². The summed E-state index contributed by atoms with van der Waals surface area (Å²) in [7, 11) is 0. The Bertz CT molecular complexity index is 599. The van der Waals surface area contributed by atoms with Gasteiger partial charge in [0.05, 0.1) is 11.5 Å². The molecular weight excluding hydrogens is 272 g/mol. The summed E-state index contributed by atoms with van der Waals surface area (Å²) in [6.07, 6.45) is 0. The SMILES string of the molecule is Cc1noc(CNCc2ccc(Cl)cc2[N+](=O)[O-])n1. The van der Waals surface area contributed by atoms with Crippen LogP contribution < -0.4 is 5.32 Å². The summed E-state index contributed by atoms with van der Waals surface area (Å²) in [4.78, 5) is 14.4. The van der Waals surface area contributed by atoms with E-state index >= 15 is 0 Å². The fraction of sp³-hybridized carbons (Fsp3) is 0.273. The molecule has 2 aromatic rings. The maximum Gasteiger partial charge on any atom is 0.275 e. The Morgan fingerprint density at radius 1 is 1.47 bits per heavy atom. The average molecular weight is 283 g/mol. The third kappa shape index (κ3) is 3.49. The molecule has 100 valence electrons. The molecule has 0 aliphatic rings. The lowest BCUT2D eigenvalue weighted by Gasteiger charge is -2.04. The highest BCUT2D eigenvalue weighted by Gasteiger charge is 2.14. The van der Waals surface area contributed by atoms with Crippen molar-refractivity contribution in [3.05, 3.63) is 50.6 Å². The van der Waals surface area contributed by atoms with Crippen molar-refractivity contribution in [3.8, 4) is 0 Å². The van der Waals surface area contributed by atoms with Gasteiger partial charge in [-0.1, -0.05) is 16.8 Å². The van der Waals surface area contributed by atoms with E-state index in [1.54, 1.807) is 19.1 Å². The van der Waals surface area contributed by atoms with Crippen LogP contribution >= 0.6 is 11.6 Å². The molecule has 0 saturated carbocycles. The molecule has 2 rings (SSSR count). The third-order valence-electron chi connectivity index (χ3n) is 2.41. The Balaban J connectivity index is 2.01. The number of nitrogens with one attached hydrogen (secondary N) is 1. The molecule has 1 aromatic carbocycles. The molecule has 0 radical (unpaired) electrons. The van der Waals surface area contributed by atoms with Gasteiger partial charge in [-0.25, -0.2) is 0 Å². The third-order valence-corrected chi connectivity index (χ3v) is 2.64. The highest BCUT2D eigenvalue weighted by atomic mass is 35.5. The van der Waals surface area contributed by atoms with E-state index in [0.29, 0.717) is 35.4 Å². The Kier molecular flexibility index (Phi) is 4.08. The first-order valence-corrected chi connectivity index (χ1v) is 5.87. The van der Waals surface area contributed by atoms with Crippen molar-refractivity contribution >= 4 is 17.3 Å². The van der Waals surface area contributed by atoms with Gasteiger partial charge in [-0.3, -0.25) is 10.1 Å². The van der Waals surface area contributed by atoms with Gasteiger partial charge in [0.1, 0.15) is 0 Å². The van der Waals surface area contributed by atoms with E-state index in [0.717, 1.165) is 0 Å². The first-order chi connectivity index (χ1) is 9.06. The molecule has 1 aromatic heterocycles. The molecule has 0 aliphatic heterocycles. The molecule has 0 fully saturated rings. The van der Waals surface area contributed by atoms with Crippen LogP contribution in [0.25, 0.3) is 0 Å². The summed E-state index contributed by atoms with van der Waals surface area (Å²) in [5, 5.41) is 17.9. The van der Waals surface area contributed by atoms with Gasteiger partial charge >= 0.3 is 0 Å². The fourth-order valence-electron chi connectivity index (χ4n) is 1.57. The van der Waals surface area contributed by atoms with Gasteiger partial charge in [-0.15, -0.1) is 0 Å². The van der Waals surface area contributed by atoms with Crippen LogP contribution in [0.15, 0.2) is 22.7 Å². The average Bonchev–Trinajstić information content (AvgIpc) is 2.77. The number of benzene rings is 1. The van der Waals surface area contributed by atoms with E-state index in [9.17, 15) is 10.1 Å². The van der Waals surface area contributed by atoms with Gasteiger partial charge < -0.3 is 9.84 Å². The molecular formula is C11H11ClN4O3. The van der Waals surface area contributed by atoms with Crippen molar-refractivity contribution in [2.45, 2.75) is 20.0 Å². The number of hydrogen-bond donors (Lipinski definition) is 1. The zero-order chi connectivity index (χ0) is 13.8. The summed E-state index contributed by atoms with van der Waals surface area (Å²) in [6, 6.07) is 4.56. The zero-order valence-electron chi connectivity index (χ0n) is 10.1. The number of hydrogen-bond acceptors (Lipinski definition) is 6. The molecule has 0 amide bonds. The lowest BCUT2D eigenvalue weighted by molar-refractivity contribution is -0.385. The van der Waals surface area contributed by atoms with E-state index in [1.165, 1.54) is 6.07 Å². The lowest BCUT2D eigenvalue weighted by Crippen LogP contribution is -2.14. The van der Waals surface area contributed by atoms with Gasteiger partial charge in [-0.05, 0) is 19.1 Å². The van der Waals surface area contributed by atoms with Crippen molar-refractivity contribution in [1.29, 1.82) is 0 Å². The number of aryl methyl sites for hydroxylation is 1. The largest absolute Gasteiger partial charge is 0.338 e. The minimum absolute atomic E-state index is 0.0123. The highest BCUT2D eigenvalue weighted by molar-refractivity contribution is 6.30. The Labute approximate surface area is 113 Å². The smallest absolute Gasteiger partial charge is 0.275 e. The van der Waals surface area contributed by atoms with Crippen LogP contribution in [0.3, 0.4) is 0 Å². The number of halogens is 1. The number of rotatable bonds is 5. The number of nitrogens with zero attached hydrogens (tertiary/aromatic N) is 3. The van der Waals surface area contributed by atoms with Crippen molar-refractivity contribution in [2.75, 3.05) is 0 Å². The quantitative estimate of drug-likeness (QED) is 0.667. The second-order valence-corrected chi connectivity index (χ2v) is 4.31. The molecule has 1 heterocycles. The highest BCUT2D eigenvalue weighted by Crippen LogP contribution is 2.23. The maximum absolute atomic E-state index is 10.9. The second-order valence-electron chi connectivity index (χ2n) is 3.87. The molecule has 0 bridgehead atoms. The van der Waals surface area contributed by atoms with Crippen molar-refractivity contribution in [1.82, 2.24) is 15.5 Å². The van der Waals surface area contributed by atoms with E-state index < -0.39 is 4.92 Å². The summed E-state index contributed by atoms with van der Waals surface area (Å²) < 4.78 is 4.92.